The fourth-order valence-electron chi connectivity index (χ4n) is 2.68. The molecule has 0 saturated carbocycles. The number of nitrogens with zero attached hydrogens (tertiary/aromatic N) is 2. The summed E-state index contributed by atoms with van der Waals surface area (Å²) in [5.41, 5.74) is 2.78. The van der Waals surface area contributed by atoms with Gasteiger partial charge in [-0.25, -0.2) is 0 Å². The van der Waals surface area contributed by atoms with Gasteiger partial charge in [0.15, 0.2) is 5.82 Å². The zero-order chi connectivity index (χ0) is 14.7. The van der Waals surface area contributed by atoms with Gasteiger partial charge in [0.05, 0.1) is 0 Å². The van der Waals surface area contributed by atoms with Crippen LogP contribution in [0.2, 0.25) is 0 Å². The van der Waals surface area contributed by atoms with Gasteiger partial charge >= 0.3 is 0 Å². The van der Waals surface area contributed by atoms with Crippen molar-refractivity contribution >= 4 is 11.7 Å². The molecule has 1 aliphatic heterocycles. The summed E-state index contributed by atoms with van der Waals surface area (Å²) in [5.74, 6) is 0.437. The molecule has 3 rings (SSSR count). The summed E-state index contributed by atoms with van der Waals surface area (Å²) in [6.07, 6.45) is 2.55. The predicted molar refractivity (Wildman–Crippen MR) is 82.2 cm³/mol. The Morgan fingerprint density at radius 1 is 1.33 bits per heavy atom. The van der Waals surface area contributed by atoms with Crippen LogP contribution in [0.25, 0.3) is 0 Å². The first kappa shape index (κ1) is 13.8. The number of carbonyl (C=O) groups is 1. The molecule has 0 bridgehead atoms. The number of benzene rings is 1. The minimum atomic E-state index is -0.121. The number of anilines is 1. The Kier molecular flexibility index (Phi) is 4.01. The summed E-state index contributed by atoms with van der Waals surface area (Å²) in [5, 5.41) is 9.64. The van der Waals surface area contributed by atoms with Crippen molar-refractivity contribution in [2.45, 2.75) is 26.3 Å². The molecule has 1 fully saturated rings. The third-order valence-electron chi connectivity index (χ3n) is 3.74. The zero-order valence-electron chi connectivity index (χ0n) is 12.2. The molecule has 1 aromatic carbocycles. The van der Waals surface area contributed by atoms with Crippen molar-refractivity contribution in [3.8, 4) is 0 Å². The minimum absolute atomic E-state index is 0.121. The van der Waals surface area contributed by atoms with Crippen LogP contribution in [-0.2, 0) is 6.54 Å². The van der Waals surface area contributed by atoms with Crippen molar-refractivity contribution in [3.05, 3.63) is 47.2 Å². The van der Waals surface area contributed by atoms with Crippen LogP contribution in [0.3, 0.4) is 0 Å². The van der Waals surface area contributed by atoms with E-state index in [0.29, 0.717) is 11.4 Å². The first-order chi connectivity index (χ1) is 10.2. The Morgan fingerprint density at radius 3 is 2.86 bits per heavy atom. The molecule has 0 aliphatic carbocycles. The van der Waals surface area contributed by atoms with Gasteiger partial charge in [-0.05, 0) is 50.6 Å². The van der Waals surface area contributed by atoms with Crippen LogP contribution in [0, 0.1) is 6.92 Å². The smallest absolute Gasteiger partial charge is 0.256 e. The standard InChI is InChI=1S/C16H20N4O/c1-12-9-15(19-18-12)17-16(21)14-6-4-5-13(10-14)11-20-7-2-3-8-20/h4-6,9-10H,2-3,7-8,11H2,1H3,(H2,17,18,19,21). The maximum Gasteiger partial charge on any atom is 0.256 e. The largest absolute Gasteiger partial charge is 0.305 e. The molecule has 1 saturated heterocycles. The van der Waals surface area contributed by atoms with E-state index in [1.807, 2.05) is 31.2 Å². The lowest BCUT2D eigenvalue weighted by Crippen LogP contribution is -2.19. The Labute approximate surface area is 124 Å². The lowest BCUT2D eigenvalue weighted by molar-refractivity contribution is 0.102. The van der Waals surface area contributed by atoms with Crippen LogP contribution >= 0.6 is 0 Å². The average Bonchev–Trinajstić information content (AvgIpc) is 3.11. The molecule has 5 heteroatoms. The topological polar surface area (TPSA) is 61.0 Å². The molecular formula is C16H20N4O. The fraction of sp³-hybridized carbons (Fsp3) is 0.375. The number of carbonyl (C=O) groups excluding carboxylic acids is 1. The van der Waals surface area contributed by atoms with Crippen LogP contribution in [0.15, 0.2) is 30.3 Å². The van der Waals surface area contributed by atoms with E-state index in [-0.39, 0.29) is 5.91 Å². The molecular weight excluding hydrogens is 264 g/mol. The highest BCUT2D eigenvalue weighted by molar-refractivity contribution is 6.03. The monoisotopic (exact) mass is 284 g/mol. The van der Waals surface area contributed by atoms with Crippen molar-refractivity contribution in [2.24, 2.45) is 0 Å². The molecule has 2 aromatic rings. The summed E-state index contributed by atoms with van der Waals surface area (Å²) in [6.45, 7) is 5.13. The Morgan fingerprint density at radius 2 is 2.14 bits per heavy atom. The minimum Gasteiger partial charge on any atom is -0.305 e. The highest BCUT2D eigenvalue weighted by atomic mass is 16.1. The summed E-state index contributed by atoms with van der Waals surface area (Å²) < 4.78 is 0. The molecule has 0 spiro atoms. The molecule has 0 atom stereocenters. The second-order valence-corrected chi connectivity index (χ2v) is 5.57. The van der Waals surface area contributed by atoms with Gasteiger partial charge in [-0.2, -0.15) is 5.10 Å². The van der Waals surface area contributed by atoms with E-state index in [0.717, 1.165) is 25.3 Å². The third-order valence-corrected chi connectivity index (χ3v) is 3.74. The Hall–Kier alpha value is -2.14. The van der Waals surface area contributed by atoms with Crippen molar-refractivity contribution in [3.63, 3.8) is 0 Å². The molecule has 5 nitrogen and oxygen atoms in total. The van der Waals surface area contributed by atoms with Crippen LogP contribution < -0.4 is 5.32 Å². The SMILES string of the molecule is Cc1cc(NC(=O)c2cccc(CN3CCCC3)c2)n[nH]1. The Balaban J connectivity index is 1.68. The van der Waals surface area contributed by atoms with Crippen molar-refractivity contribution < 1.29 is 4.79 Å². The molecule has 1 aliphatic rings. The molecule has 1 aromatic heterocycles. The first-order valence-corrected chi connectivity index (χ1v) is 7.35. The summed E-state index contributed by atoms with van der Waals surface area (Å²) >= 11 is 0. The van der Waals surface area contributed by atoms with E-state index >= 15 is 0 Å². The molecule has 2 heterocycles. The van der Waals surface area contributed by atoms with Crippen molar-refractivity contribution in [2.75, 3.05) is 18.4 Å². The maximum absolute atomic E-state index is 12.2. The number of hydrogen-bond acceptors (Lipinski definition) is 3. The lowest BCUT2D eigenvalue weighted by atomic mass is 10.1. The second kappa shape index (κ2) is 6.10. The van der Waals surface area contributed by atoms with Gasteiger partial charge in [-0.3, -0.25) is 14.8 Å². The van der Waals surface area contributed by atoms with Crippen LogP contribution in [0.5, 0.6) is 0 Å². The van der Waals surface area contributed by atoms with Crippen LogP contribution in [0.1, 0.15) is 34.5 Å². The number of aryl methyl sites for hydroxylation is 1. The number of likely N-dealkylation sites (tertiary alicyclic amines) is 1. The normalized spacial score (nSPS) is 15.3. The van der Waals surface area contributed by atoms with Crippen molar-refractivity contribution in [1.82, 2.24) is 15.1 Å². The molecule has 2 N–H and O–H groups in total. The van der Waals surface area contributed by atoms with Crippen LogP contribution in [-0.4, -0.2) is 34.1 Å². The average molecular weight is 284 g/mol. The van der Waals surface area contributed by atoms with E-state index in [1.165, 1.54) is 18.4 Å². The van der Waals surface area contributed by atoms with Gasteiger partial charge in [-0.1, -0.05) is 12.1 Å². The molecule has 110 valence electrons. The van der Waals surface area contributed by atoms with Crippen LogP contribution in [0.4, 0.5) is 5.82 Å². The van der Waals surface area contributed by atoms with Gasteiger partial charge < -0.3 is 5.32 Å². The Bertz CT molecular complexity index is 629. The highest BCUT2D eigenvalue weighted by Crippen LogP contribution is 2.15. The van der Waals surface area contributed by atoms with Gasteiger partial charge in [0.25, 0.3) is 5.91 Å². The van der Waals surface area contributed by atoms with E-state index < -0.39 is 0 Å². The van der Waals surface area contributed by atoms with Gasteiger partial charge in [0.2, 0.25) is 0 Å². The highest BCUT2D eigenvalue weighted by Gasteiger charge is 2.13. The summed E-state index contributed by atoms with van der Waals surface area (Å²) in [7, 11) is 0. The summed E-state index contributed by atoms with van der Waals surface area (Å²) in [6, 6.07) is 9.63. The molecule has 21 heavy (non-hydrogen) atoms. The number of aromatic amines is 1. The number of aromatic nitrogens is 2. The number of rotatable bonds is 4. The van der Waals surface area contributed by atoms with E-state index in [4.69, 9.17) is 0 Å². The van der Waals surface area contributed by atoms with Gasteiger partial charge in [-0.15, -0.1) is 0 Å². The molecule has 0 unspecified atom stereocenters. The quantitative estimate of drug-likeness (QED) is 0.907. The zero-order valence-corrected chi connectivity index (χ0v) is 12.2. The summed E-state index contributed by atoms with van der Waals surface area (Å²) in [4.78, 5) is 14.7. The number of H-pyrrole nitrogens is 1. The van der Waals surface area contributed by atoms with E-state index in [2.05, 4.69) is 26.5 Å². The number of amides is 1. The van der Waals surface area contributed by atoms with E-state index in [9.17, 15) is 4.79 Å². The van der Waals surface area contributed by atoms with Gasteiger partial charge in [0.1, 0.15) is 0 Å². The number of hydrogen-bond donors (Lipinski definition) is 2. The van der Waals surface area contributed by atoms with E-state index in [1.54, 1.807) is 0 Å². The maximum atomic E-state index is 12.2. The lowest BCUT2D eigenvalue weighted by Gasteiger charge is -2.15. The van der Waals surface area contributed by atoms with Gasteiger partial charge in [0, 0.05) is 23.9 Å². The molecule has 1 amide bonds. The van der Waals surface area contributed by atoms with Crippen molar-refractivity contribution in [1.29, 1.82) is 0 Å². The first-order valence-electron chi connectivity index (χ1n) is 7.35. The third kappa shape index (κ3) is 3.49. The predicted octanol–water partition coefficient (Wildman–Crippen LogP) is 2.57. The fourth-order valence-corrected chi connectivity index (χ4v) is 2.68. The second-order valence-electron chi connectivity index (χ2n) is 5.57. The number of nitrogens with one attached hydrogen (secondary N) is 2. The molecule has 0 radical (unpaired) electrons.